The van der Waals surface area contributed by atoms with Gasteiger partial charge in [0.15, 0.2) is 0 Å². The van der Waals surface area contributed by atoms with Crippen LogP contribution in [0.5, 0.6) is 0 Å². The van der Waals surface area contributed by atoms with E-state index in [9.17, 15) is 9.59 Å². The molecule has 1 aliphatic rings. The summed E-state index contributed by atoms with van der Waals surface area (Å²) in [5.74, 6) is -0.140. The van der Waals surface area contributed by atoms with Crippen molar-refractivity contribution in [2.45, 2.75) is 19.8 Å². The van der Waals surface area contributed by atoms with E-state index in [0.29, 0.717) is 19.6 Å². The number of guanidine groups is 1. The summed E-state index contributed by atoms with van der Waals surface area (Å²) in [5.41, 5.74) is 0. The van der Waals surface area contributed by atoms with Crippen LogP contribution >= 0.6 is 0 Å². The Morgan fingerprint density at radius 3 is 2.75 bits per heavy atom. The summed E-state index contributed by atoms with van der Waals surface area (Å²) in [4.78, 5) is 25.4. The van der Waals surface area contributed by atoms with Gasteiger partial charge >= 0.3 is 5.97 Å². The van der Waals surface area contributed by atoms with Crippen LogP contribution in [0.1, 0.15) is 19.8 Å². The number of esters is 1. The molecule has 16 heavy (non-hydrogen) atoms. The molecule has 1 saturated heterocycles. The third-order valence-corrected chi connectivity index (χ3v) is 2.36. The Labute approximate surface area is 94.7 Å². The minimum absolute atomic E-state index is 0.0867. The van der Waals surface area contributed by atoms with E-state index in [1.54, 1.807) is 18.9 Å². The number of amides is 1. The van der Waals surface area contributed by atoms with Crippen molar-refractivity contribution >= 4 is 17.8 Å². The minimum atomic E-state index is -0.256. The number of rotatable bonds is 5. The maximum Gasteiger partial charge on any atom is 0.305 e. The average Bonchev–Trinajstić information content (AvgIpc) is 2.45. The Bertz CT molecular complexity index is 304. The fourth-order valence-electron chi connectivity index (χ4n) is 1.53. The molecule has 90 valence electrons. The zero-order chi connectivity index (χ0) is 12.1. The number of carbonyl (C=O) groups is 2. The Morgan fingerprint density at radius 2 is 2.25 bits per heavy atom. The molecule has 0 aromatic rings. The van der Waals surface area contributed by atoms with Crippen molar-refractivity contribution < 1.29 is 14.3 Å². The molecule has 0 saturated carbocycles. The highest BCUT2D eigenvalue weighted by Crippen LogP contribution is 2.08. The topological polar surface area (TPSA) is 73.7 Å². The highest BCUT2D eigenvalue weighted by molar-refractivity contribution is 6.02. The molecule has 0 spiro atoms. The third kappa shape index (κ3) is 2.95. The number of nitrogens with zero attached hydrogens (tertiary/aromatic N) is 2. The van der Waals surface area contributed by atoms with E-state index in [-0.39, 0.29) is 30.8 Å². The summed E-state index contributed by atoms with van der Waals surface area (Å²) in [7, 11) is 1.70. The molecule has 0 aromatic carbocycles. The molecular formula is C10H17N3O3. The van der Waals surface area contributed by atoms with E-state index in [1.165, 1.54) is 4.90 Å². The van der Waals surface area contributed by atoms with Crippen LogP contribution < -0.4 is 0 Å². The van der Waals surface area contributed by atoms with Crippen molar-refractivity contribution in [1.29, 1.82) is 5.41 Å². The molecule has 1 rings (SSSR count). The summed E-state index contributed by atoms with van der Waals surface area (Å²) >= 11 is 0. The fraction of sp³-hybridized carbons (Fsp3) is 0.700. The number of likely N-dealkylation sites (N-methyl/N-ethyl adjacent to an activating group) is 1. The lowest BCUT2D eigenvalue weighted by Gasteiger charge is -2.16. The van der Waals surface area contributed by atoms with Crippen LogP contribution in [-0.4, -0.2) is 54.4 Å². The molecule has 6 nitrogen and oxygen atoms in total. The van der Waals surface area contributed by atoms with Gasteiger partial charge in [0.05, 0.1) is 13.2 Å². The molecule has 0 aliphatic carbocycles. The van der Waals surface area contributed by atoms with Gasteiger partial charge in [0.25, 0.3) is 0 Å². The first-order chi connectivity index (χ1) is 7.56. The normalized spacial score (nSPS) is 15.9. The molecule has 0 aromatic heterocycles. The molecule has 1 amide bonds. The van der Waals surface area contributed by atoms with Crippen LogP contribution in [-0.2, 0) is 14.3 Å². The first-order valence-electron chi connectivity index (χ1n) is 5.32. The molecular weight excluding hydrogens is 210 g/mol. The van der Waals surface area contributed by atoms with Crippen LogP contribution in [0.2, 0.25) is 0 Å². The second kappa shape index (κ2) is 5.48. The van der Waals surface area contributed by atoms with Crippen LogP contribution in [0, 0.1) is 5.41 Å². The maximum atomic E-state index is 11.4. The molecule has 0 atom stereocenters. The van der Waals surface area contributed by atoms with Crippen molar-refractivity contribution in [3.63, 3.8) is 0 Å². The number of hydrogen-bond donors (Lipinski definition) is 1. The van der Waals surface area contributed by atoms with Gasteiger partial charge in [0.2, 0.25) is 11.9 Å². The number of carbonyl (C=O) groups excluding carboxylic acids is 2. The number of nitrogens with one attached hydrogen (secondary N) is 1. The standard InChI is InChI=1S/C10H17N3O3/c1-3-16-9(15)5-4-6-13-8(14)7-12(2)10(13)11/h11H,3-7H2,1-2H3. The zero-order valence-corrected chi connectivity index (χ0v) is 9.65. The van der Waals surface area contributed by atoms with Gasteiger partial charge in [-0.3, -0.25) is 19.9 Å². The number of hydrogen-bond acceptors (Lipinski definition) is 4. The summed E-state index contributed by atoms with van der Waals surface area (Å²) in [5, 5.41) is 7.62. The Kier molecular flexibility index (Phi) is 4.28. The van der Waals surface area contributed by atoms with Gasteiger partial charge in [0.1, 0.15) is 0 Å². The summed E-state index contributed by atoms with van der Waals surface area (Å²) in [6.07, 6.45) is 0.815. The molecule has 0 unspecified atom stereocenters. The Balaban J connectivity index is 2.30. The van der Waals surface area contributed by atoms with Gasteiger partial charge in [-0.1, -0.05) is 0 Å². The second-order valence-corrected chi connectivity index (χ2v) is 3.63. The molecule has 0 bridgehead atoms. The lowest BCUT2D eigenvalue weighted by molar-refractivity contribution is -0.143. The van der Waals surface area contributed by atoms with E-state index < -0.39 is 0 Å². The van der Waals surface area contributed by atoms with Gasteiger partial charge in [-0.05, 0) is 13.3 Å². The predicted molar refractivity (Wildman–Crippen MR) is 57.9 cm³/mol. The molecule has 1 N–H and O–H groups in total. The largest absolute Gasteiger partial charge is 0.466 e. The highest BCUT2D eigenvalue weighted by Gasteiger charge is 2.29. The van der Waals surface area contributed by atoms with Crippen LogP contribution in [0.3, 0.4) is 0 Å². The van der Waals surface area contributed by atoms with Crippen molar-refractivity contribution in [3.8, 4) is 0 Å². The van der Waals surface area contributed by atoms with Crippen molar-refractivity contribution in [2.24, 2.45) is 0 Å². The Hall–Kier alpha value is -1.59. The molecule has 6 heteroatoms. The summed E-state index contributed by atoms with van der Waals surface area (Å²) in [6.45, 7) is 2.78. The minimum Gasteiger partial charge on any atom is -0.466 e. The predicted octanol–water partition coefficient (Wildman–Crippen LogP) is 0.0385. The van der Waals surface area contributed by atoms with Crippen LogP contribution in [0.15, 0.2) is 0 Å². The second-order valence-electron chi connectivity index (χ2n) is 3.63. The lowest BCUT2D eigenvalue weighted by atomic mass is 10.3. The molecule has 1 fully saturated rings. The van der Waals surface area contributed by atoms with Crippen molar-refractivity contribution in [1.82, 2.24) is 9.80 Å². The first-order valence-corrected chi connectivity index (χ1v) is 5.32. The monoisotopic (exact) mass is 227 g/mol. The van der Waals surface area contributed by atoms with E-state index in [2.05, 4.69) is 0 Å². The number of ether oxygens (including phenoxy) is 1. The van der Waals surface area contributed by atoms with Gasteiger partial charge in [0, 0.05) is 20.0 Å². The van der Waals surface area contributed by atoms with Crippen molar-refractivity contribution in [3.05, 3.63) is 0 Å². The lowest BCUT2D eigenvalue weighted by Crippen LogP contribution is -2.33. The van der Waals surface area contributed by atoms with E-state index in [4.69, 9.17) is 10.1 Å². The SMILES string of the molecule is CCOC(=O)CCCN1C(=N)N(C)CC1=O. The highest BCUT2D eigenvalue weighted by atomic mass is 16.5. The Morgan fingerprint density at radius 1 is 1.56 bits per heavy atom. The van der Waals surface area contributed by atoms with E-state index in [1.807, 2.05) is 0 Å². The smallest absolute Gasteiger partial charge is 0.305 e. The van der Waals surface area contributed by atoms with E-state index in [0.717, 1.165) is 0 Å². The average molecular weight is 227 g/mol. The van der Waals surface area contributed by atoms with Gasteiger partial charge in [-0.15, -0.1) is 0 Å². The third-order valence-electron chi connectivity index (χ3n) is 2.36. The van der Waals surface area contributed by atoms with Gasteiger partial charge in [-0.2, -0.15) is 0 Å². The summed E-state index contributed by atoms with van der Waals surface area (Å²) < 4.78 is 4.77. The molecule has 1 aliphatic heterocycles. The molecule has 0 radical (unpaired) electrons. The maximum absolute atomic E-state index is 11.4. The first kappa shape index (κ1) is 12.5. The van der Waals surface area contributed by atoms with E-state index >= 15 is 0 Å². The summed E-state index contributed by atoms with van der Waals surface area (Å²) in [6, 6.07) is 0. The van der Waals surface area contributed by atoms with Gasteiger partial charge < -0.3 is 9.64 Å². The van der Waals surface area contributed by atoms with Crippen LogP contribution in [0.4, 0.5) is 0 Å². The fourth-order valence-corrected chi connectivity index (χ4v) is 1.53. The van der Waals surface area contributed by atoms with Crippen LogP contribution in [0.25, 0.3) is 0 Å². The zero-order valence-electron chi connectivity index (χ0n) is 9.65. The van der Waals surface area contributed by atoms with Crippen molar-refractivity contribution in [2.75, 3.05) is 26.7 Å². The van der Waals surface area contributed by atoms with Gasteiger partial charge in [-0.25, -0.2) is 0 Å². The molecule has 1 heterocycles. The quantitative estimate of drug-likeness (QED) is 0.673.